The van der Waals surface area contributed by atoms with Gasteiger partial charge in [-0.15, -0.1) is 10.2 Å². The number of para-hydroxylation sites is 1. The van der Waals surface area contributed by atoms with Gasteiger partial charge in [0.25, 0.3) is 21.6 Å². The molecule has 0 atom stereocenters. The van der Waals surface area contributed by atoms with Gasteiger partial charge in [-0.1, -0.05) is 29.8 Å². The lowest BCUT2D eigenvalue weighted by Crippen LogP contribution is -2.13. The van der Waals surface area contributed by atoms with Gasteiger partial charge in [0, 0.05) is 23.1 Å². The van der Waals surface area contributed by atoms with Gasteiger partial charge >= 0.3 is 0 Å². The highest BCUT2D eigenvalue weighted by atomic mass is 35.5. The molecule has 0 saturated carbocycles. The molecule has 13 heteroatoms. The Labute approximate surface area is 196 Å². The summed E-state index contributed by atoms with van der Waals surface area (Å²) in [5.41, 5.74) is 0.0261. The molecule has 0 aliphatic carbocycles. The SMILES string of the molecule is O=C(N=Nc1c(O)[nH]c2ccc([N+](=O)[O-])cc12)c1cccc(S(=O)(=O)Nc2ccccc2Cl)c1. The largest absolute Gasteiger partial charge is 0.493 e. The van der Waals surface area contributed by atoms with Gasteiger partial charge in [-0.05, 0) is 36.4 Å². The van der Waals surface area contributed by atoms with E-state index in [2.05, 4.69) is 19.9 Å². The molecule has 0 radical (unpaired) electrons. The number of rotatable bonds is 6. The van der Waals surface area contributed by atoms with Crippen LogP contribution in [0.4, 0.5) is 17.1 Å². The van der Waals surface area contributed by atoms with Crippen LogP contribution in [0.3, 0.4) is 0 Å². The van der Waals surface area contributed by atoms with Crippen molar-refractivity contribution in [1.29, 1.82) is 0 Å². The highest BCUT2D eigenvalue weighted by molar-refractivity contribution is 7.92. The predicted octanol–water partition coefficient (Wildman–Crippen LogP) is 5.16. The first-order valence-electron chi connectivity index (χ1n) is 9.48. The number of nitro groups is 1. The summed E-state index contributed by atoms with van der Waals surface area (Å²) in [5.74, 6) is -1.33. The van der Waals surface area contributed by atoms with Crippen molar-refractivity contribution in [1.82, 2.24) is 4.98 Å². The van der Waals surface area contributed by atoms with E-state index in [4.69, 9.17) is 11.6 Å². The second kappa shape index (κ2) is 8.92. The molecule has 0 spiro atoms. The number of halogens is 1. The number of aromatic nitrogens is 1. The van der Waals surface area contributed by atoms with Crippen LogP contribution in [0.2, 0.25) is 5.02 Å². The summed E-state index contributed by atoms with van der Waals surface area (Å²) >= 11 is 6.00. The molecular formula is C21H14ClN5O6S. The number of nitrogens with one attached hydrogen (secondary N) is 2. The van der Waals surface area contributed by atoms with Crippen LogP contribution in [0.5, 0.6) is 5.88 Å². The first-order valence-corrected chi connectivity index (χ1v) is 11.3. The van der Waals surface area contributed by atoms with E-state index in [0.29, 0.717) is 5.52 Å². The molecule has 4 aromatic rings. The Morgan fingerprint density at radius 2 is 1.85 bits per heavy atom. The monoisotopic (exact) mass is 499 g/mol. The normalized spacial score (nSPS) is 11.7. The maximum Gasteiger partial charge on any atom is 0.295 e. The van der Waals surface area contributed by atoms with Crippen LogP contribution >= 0.6 is 11.6 Å². The first-order chi connectivity index (χ1) is 16.2. The molecule has 34 heavy (non-hydrogen) atoms. The summed E-state index contributed by atoms with van der Waals surface area (Å²) in [5, 5.41) is 28.8. The fourth-order valence-corrected chi connectivity index (χ4v) is 4.43. The number of fused-ring (bicyclic) bond motifs is 1. The molecule has 3 aromatic carbocycles. The second-order valence-corrected chi connectivity index (χ2v) is 9.02. The molecule has 1 amide bonds. The second-order valence-electron chi connectivity index (χ2n) is 6.93. The Kier molecular flexibility index (Phi) is 6.01. The van der Waals surface area contributed by atoms with Crippen molar-refractivity contribution in [2.24, 2.45) is 10.2 Å². The number of non-ortho nitro benzene ring substituents is 1. The summed E-state index contributed by atoms with van der Waals surface area (Å²) < 4.78 is 27.8. The van der Waals surface area contributed by atoms with Crippen molar-refractivity contribution in [3.8, 4) is 5.88 Å². The molecule has 1 heterocycles. The van der Waals surface area contributed by atoms with E-state index >= 15 is 0 Å². The Balaban J connectivity index is 1.62. The molecule has 0 aliphatic rings. The fourth-order valence-electron chi connectivity index (χ4n) is 3.06. The minimum absolute atomic E-state index is 0.0869. The number of amides is 1. The van der Waals surface area contributed by atoms with Gasteiger partial charge in [-0.3, -0.25) is 19.6 Å². The zero-order valence-corrected chi connectivity index (χ0v) is 18.5. The van der Waals surface area contributed by atoms with Crippen LogP contribution in [0, 0.1) is 10.1 Å². The summed E-state index contributed by atoms with van der Waals surface area (Å²) in [6.45, 7) is 0. The minimum Gasteiger partial charge on any atom is -0.493 e. The van der Waals surface area contributed by atoms with Gasteiger partial charge in [-0.2, -0.15) is 0 Å². The lowest BCUT2D eigenvalue weighted by Gasteiger charge is -2.09. The van der Waals surface area contributed by atoms with Gasteiger partial charge in [0.1, 0.15) is 0 Å². The van der Waals surface area contributed by atoms with E-state index < -0.39 is 26.7 Å². The molecule has 0 saturated heterocycles. The third-order valence-corrected chi connectivity index (χ3v) is 6.39. The Hall–Kier alpha value is -4.29. The Morgan fingerprint density at radius 1 is 1.09 bits per heavy atom. The first kappa shape index (κ1) is 22.9. The van der Waals surface area contributed by atoms with Gasteiger partial charge in [-0.25, -0.2) is 8.42 Å². The van der Waals surface area contributed by atoms with E-state index in [0.717, 1.165) is 6.07 Å². The van der Waals surface area contributed by atoms with Crippen molar-refractivity contribution >= 4 is 55.5 Å². The molecule has 172 valence electrons. The molecule has 0 fully saturated rings. The number of nitrogens with zero attached hydrogens (tertiary/aromatic N) is 3. The zero-order chi connectivity index (χ0) is 24.5. The number of nitro benzene ring substituents is 1. The average molecular weight is 500 g/mol. The highest BCUT2D eigenvalue weighted by Crippen LogP contribution is 2.37. The zero-order valence-electron chi connectivity index (χ0n) is 17.0. The summed E-state index contributed by atoms with van der Waals surface area (Å²) in [6.07, 6.45) is 0. The van der Waals surface area contributed by atoms with Crippen molar-refractivity contribution in [2.75, 3.05) is 4.72 Å². The number of azo groups is 1. The molecular weight excluding hydrogens is 486 g/mol. The number of carbonyl (C=O) groups is 1. The molecule has 1 aromatic heterocycles. The van der Waals surface area contributed by atoms with Crippen molar-refractivity contribution < 1.29 is 23.2 Å². The van der Waals surface area contributed by atoms with E-state index in [-0.39, 0.29) is 37.9 Å². The van der Waals surface area contributed by atoms with Crippen molar-refractivity contribution in [3.05, 3.63) is 87.4 Å². The number of aromatic hydroxyl groups is 1. The van der Waals surface area contributed by atoms with Crippen LogP contribution in [-0.2, 0) is 10.0 Å². The van der Waals surface area contributed by atoms with Gasteiger partial charge < -0.3 is 10.1 Å². The molecule has 3 N–H and O–H groups in total. The third kappa shape index (κ3) is 4.58. The summed E-state index contributed by atoms with van der Waals surface area (Å²) in [4.78, 5) is 25.3. The standard InChI is InChI=1S/C21H14ClN5O6S/c22-16-6-1-2-7-18(16)26-34(32,33)14-5-3-4-12(10-14)20(28)25-24-19-15-11-13(27(30)31)8-9-17(15)23-21(19)29/h1-11,23,26,29H. The maximum absolute atomic E-state index is 12.7. The van der Waals surface area contributed by atoms with E-state index in [9.17, 15) is 28.4 Å². The summed E-state index contributed by atoms with van der Waals surface area (Å²) in [6, 6.07) is 15.2. The van der Waals surface area contributed by atoms with Crippen LogP contribution in [0.25, 0.3) is 10.9 Å². The lowest BCUT2D eigenvalue weighted by atomic mass is 10.2. The number of hydrogen-bond acceptors (Lipinski definition) is 7. The molecule has 11 nitrogen and oxygen atoms in total. The third-order valence-electron chi connectivity index (χ3n) is 4.70. The van der Waals surface area contributed by atoms with Crippen LogP contribution in [0.1, 0.15) is 10.4 Å². The van der Waals surface area contributed by atoms with Crippen LogP contribution in [-0.4, -0.2) is 29.3 Å². The summed E-state index contributed by atoms with van der Waals surface area (Å²) in [7, 11) is -4.07. The van der Waals surface area contributed by atoms with Crippen LogP contribution < -0.4 is 4.72 Å². The number of aromatic amines is 1. The number of carbonyl (C=O) groups excluding carboxylic acids is 1. The van der Waals surface area contributed by atoms with Gasteiger partial charge in [0.2, 0.25) is 5.88 Å². The average Bonchev–Trinajstić information content (AvgIpc) is 3.13. The smallest absolute Gasteiger partial charge is 0.295 e. The van der Waals surface area contributed by atoms with E-state index in [1.165, 1.54) is 48.5 Å². The van der Waals surface area contributed by atoms with Crippen LogP contribution in [0.15, 0.2) is 81.9 Å². The van der Waals surface area contributed by atoms with Crippen molar-refractivity contribution in [2.45, 2.75) is 4.90 Å². The molecule has 0 unspecified atom stereocenters. The number of anilines is 1. The maximum atomic E-state index is 12.7. The lowest BCUT2D eigenvalue weighted by molar-refractivity contribution is -0.384. The van der Waals surface area contributed by atoms with Gasteiger partial charge in [0.05, 0.1) is 26.0 Å². The molecule has 4 rings (SSSR count). The number of benzene rings is 3. The minimum atomic E-state index is -4.07. The number of hydrogen-bond donors (Lipinski definition) is 3. The van der Waals surface area contributed by atoms with E-state index in [1.54, 1.807) is 12.1 Å². The predicted molar refractivity (Wildman–Crippen MR) is 124 cm³/mol. The van der Waals surface area contributed by atoms with Gasteiger partial charge in [0.15, 0.2) is 5.69 Å². The molecule has 0 aliphatic heterocycles. The quantitative estimate of drug-likeness (QED) is 0.188. The Morgan fingerprint density at radius 3 is 2.59 bits per heavy atom. The highest BCUT2D eigenvalue weighted by Gasteiger charge is 2.19. The van der Waals surface area contributed by atoms with Crippen molar-refractivity contribution in [3.63, 3.8) is 0 Å². The fraction of sp³-hybridized carbons (Fsp3) is 0. The Bertz CT molecular complexity index is 1580. The number of H-pyrrole nitrogens is 1. The molecule has 0 bridgehead atoms. The number of sulfonamides is 1. The van der Waals surface area contributed by atoms with E-state index in [1.807, 2.05) is 0 Å². The topological polar surface area (TPSA) is 167 Å².